The highest BCUT2D eigenvalue weighted by atomic mass is 16.7. The molecule has 1 aromatic carbocycles. The molecule has 1 aromatic rings. The van der Waals surface area contributed by atoms with E-state index in [1.165, 1.54) is 5.56 Å². The third-order valence-corrected chi connectivity index (χ3v) is 2.40. The molecule has 0 aliphatic heterocycles. The molecule has 1 rings (SSSR count). The average Bonchev–Trinajstić information content (AvgIpc) is 2.37. The molecule has 0 bridgehead atoms. The second-order valence-electron chi connectivity index (χ2n) is 5.49. The van der Waals surface area contributed by atoms with Gasteiger partial charge in [-0.2, -0.15) is 5.48 Å². The van der Waals surface area contributed by atoms with Gasteiger partial charge in [-0.3, -0.25) is 9.63 Å². The van der Waals surface area contributed by atoms with Crippen LogP contribution < -0.4 is 10.8 Å². The number of anilines is 1. The summed E-state index contributed by atoms with van der Waals surface area (Å²) < 4.78 is 4.96. The van der Waals surface area contributed by atoms with Gasteiger partial charge in [-0.05, 0) is 44.9 Å². The summed E-state index contributed by atoms with van der Waals surface area (Å²) in [6.45, 7) is 6.97. The molecule has 0 atom stereocenters. The molecule has 116 valence electrons. The highest BCUT2D eigenvalue weighted by Crippen LogP contribution is 2.09. The van der Waals surface area contributed by atoms with Crippen molar-refractivity contribution in [3.8, 4) is 0 Å². The second-order valence-corrected chi connectivity index (χ2v) is 5.49. The number of aryl methyl sites for hydroxylation is 1. The molecule has 0 saturated carbocycles. The van der Waals surface area contributed by atoms with Crippen molar-refractivity contribution in [1.29, 1.82) is 0 Å². The number of hydroxylamine groups is 1. The highest BCUT2D eigenvalue weighted by molar-refractivity contribution is 5.91. The zero-order valence-electron chi connectivity index (χ0n) is 12.9. The van der Waals surface area contributed by atoms with E-state index in [1.807, 2.05) is 24.3 Å². The Balaban J connectivity index is 2.29. The molecule has 0 aromatic heterocycles. The maximum absolute atomic E-state index is 11.6. The zero-order valence-corrected chi connectivity index (χ0v) is 12.9. The molecule has 2 amide bonds. The Morgan fingerprint density at radius 1 is 1.14 bits per heavy atom. The number of ether oxygens (including phenoxy) is 1. The molecule has 21 heavy (non-hydrogen) atoms. The Labute approximate surface area is 124 Å². The normalized spacial score (nSPS) is 10.9. The van der Waals surface area contributed by atoms with E-state index >= 15 is 0 Å². The van der Waals surface area contributed by atoms with E-state index in [4.69, 9.17) is 9.57 Å². The fraction of sp³-hybridized carbons (Fsp3) is 0.467. The van der Waals surface area contributed by atoms with Crippen molar-refractivity contribution in [2.24, 2.45) is 0 Å². The molecule has 0 aliphatic carbocycles. The van der Waals surface area contributed by atoms with E-state index in [0.717, 1.165) is 6.42 Å². The number of amides is 2. The van der Waals surface area contributed by atoms with Gasteiger partial charge >= 0.3 is 6.09 Å². The van der Waals surface area contributed by atoms with E-state index in [0.29, 0.717) is 5.69 Å². The average molecular weight is 294 g/mol. The first kappa shape index (κ1) is 17.0. The van der Waals surface area contributed by atoms with Crippen molar-refractivity contribution in [3.63, 3.8) is 0 Å². The van der Waals surface area contributed by atoms with Gasteiger partial charge in [0.15, 0.2) is 6.61 Å². The van der Waals surface area contributed by atoms with Gasteiger partial charge in [0, 0.05) is 5.69 Å². The maximum atomic E-state index is 11.6. The summed E-state index contributed by atoms with van der Waals surface area (Å²) in [5, 5.41) is 2.66. The van der Waals surface area contributed by atoms with E-state index in [2.05, 4.69) is 17.7 Å². The highest BCUT2D eigenvalue weighted by Gasteiger charge is 2.16. The van der Waals surface area contributed by atoms with Crippen LogP contribution in [-0.2, 0) is 20.8 Å². The number of benzene rings is 1. The Bertz CT molecular complexity index is 477. The van der Waals surface area contributed by atoms with Crippen molar-refractivity contribution >= 4 is 17.7 Å². The molecule has 6 heteroatoms. The van der Waals surface area contributed by atoms with Gasteiger partial charge in [-0.15, -0.1) is 0 Å². The Hall–Kier alpha value is -2.08. The van der Waals surface area contributed by atoms with Crippen molar-refractivity contribution in [2.45, 2.75) is 39.7 Å². The quantitative estimate of drug-likeness (QED) is 0.818. The first-order valence-electron chi connectivity index (χ1n) is 6.79. The van der Waals surface area contributed by atoms with Crippen molar-refractivity contribution < 1.29 is 19.2 Å². The van der Waals surface area contributed by atoms with Gasteiger partial charge in [-0.25, -0.2) is 4.79 Å². The Morgan fingerprint density at radius 2 is 1.76 bits per heavy atom. The first-order chi connectivity index (χ1) is 9.80. The number of carbonyl (C=O) groups is 2. The minimum atomic E-state index is -0.734. The van der Waals surface area contributed by atoms with Crippen LogP contribution in [0.15, 0.2) is 24.3 Å². The monoisotopic (exact) mass is 294 g/mol. The van der Waals surface area contributed by atoms with Gasteiger partial charge in [-0.1, -0.05) is 19.1 Å². The molecule has 2 N–H and O–H groups in total. The van der Waals surface area contributed by atoms with Gasteiger partial charge in [0.1, 0.15) is 5.60 Å². The van der Waals surface area contributed by atoms with Crippen LogP contribution in [0.1, 0.15) is 33.3 Å². The lowest BCUT2D eigenvalue weighted by Crippen LogP contribution is -2.34. The van der Waals surface area contributed by atoms with E-state index in [-0.39, 0.29) is 12.5 Å². The zero-order chi connectivity index (χ0) is 15.9. The first-order valence-corrected chi connectivity index (χ1v) is 6.79. The van der Waals surface area contributed by atoms with Crippen LogP contribution in [0.4, 0.5) is 10.5 Å². The second kappa shape index (κ2) is 7.64. The lowest BCUT2D eigenvalue weighted by atomic mass is 10.1. The molecule has 0 saturated heterocycles. The maximum Gasteiger partial charge on any atom is 0.431 e. The van der Waals surface area contributed by atoms with Crippen LogP contribution in [-0.4, -0.2) is 24.2 Å². The summed E-state index contributed by atoms with van der Waals surface area (Å²) in [5.41, 5.74) is 3.31. The van der Waals surface area contributed by atoms with Crippen molar-refractivity contribution in [1.82, 2.24) is 5.48 Å². The fourth-order valence-electron chi connectivity index (χ4n) is 1.48. The topological polar surface area (TPSA) is 76.7 Å². The third kappa shape index (κ3) is 7.31. The number of rotatable bonds is 5. The molecule has 0 radical (unpaired) electrons. The molecule has 0 aliphatic rings. The number of carbonyl (C=O) groups excluding carboxylic acids is 2. The number of hydrogen-bond donors (Lipinski definition) is 2. The minimum Gasteiger partial charge on any atom is -0.442 e. The van der Waals surface area contributed by atoms with Crippen LogP contribution in [0.25, 0.3) is 0 Å². The van der Waals surface area contributed by atoms with E-state index < -0.39 is 11.7 Å². The standard InChI is InChI=1S/C15H22N2O4/c1-5-11-6-8-12(9-7-11)16-13(18)10-20-17-14(19)21-15(2,3)4/h6-9H,5,10H2,1-4H3,(H,16,18)(H,17,19). The molecule has 6 nitrogen and oxygen atoms in total. The van der Waals surface area contributed by atoms with Gasteiger partial charge in [0.2, 0.25) is 0 Å². The van der Waals surface area contributed by atoms with Crippen LogP contribution in [0, 0.1) is 0 Å². The molecule has 0 spiro atoms. The summed E-state index contributed by atoms with van der Waals surface area (Å²) in [6, 6.07) is 7.51. The Morgan fingerprint density at radius 3 is 2.29 bits per heavy atom. The summed E-state index contributed by atoms with van der Waals surface area (Å²) in [4.78, 5) is 27.7. The van der Waals surface area contributed by atoms with Gasteiger partial charge < -0.3 is 10.1 Å². The molecule has 0 fully saturated rings. The van der Waals surface area contributed by atoms with E-state index in [1.54, 1.807) is 20.8 Å². The van der Waals surface area contributed by atoms with Gasteiger partial charge in [0.05, 0.1) is 0 Å². The fourth-order valence-corrected chi connectivity index (χ4v) is 1.48. The summed E-state index contributed by atoms with van der Waals surface area (Å²) in [5.74, 6) is -0.365. The lowest BCUT2D eigenvalue weighted by Gasteiger charge is -2.19. The van der Waals surface area contributed by atoms with E-state index in [9.17, 15) is 9.59 Å². The predicted molar refractivity (Wildman–Crippen MR) is 79.8 cm³/mol. The molecule has 0 unspecified atom stereocenters. The van der Waals surface area contributed by atoms with Crippen LogP contribution in [0.5, 0.6) is 0 Å². The molecular weight excluding hydrogens is 272 g/mol. The lowest BCUT2D eigenvalue weighted by molar-refractivity contribution is -0.122. The van der Waals surface area contributed by atoms with Crippen molar-refractivity contribution in [2.75, 3.05) is 11.9 Å². The van der Waals surface area contributed by atoms with Crippen molar-refractivity contribution in [3.05, 3.63) is 29.8 Å². The number of nitrogens with one attached hydrogen (secondary N) is 2. The molecule has 0 heterocycles. The smallest absolute Gasteiger partial charge is 0.431 e. The third-order valence-electron chi connectivity index (χ3n) is 2.40. The largest absolute Gasteiger partial charge is 0.442 e. The van der Waals surface area contributed by atoms with Gasteiger partial charge in [0.25, 0.3) is 5.91 Å². The molecular formula is C15H22N2O4. The van der Waals surface area contributed by atoms with Crippen LogP contribution >= 0.6 is 0 Å². The Kier molecular flexibility index (Phi) is 6.17. The summed E-state index contributed by atoms with van der Waals surface area (Å²) in [6.07, 6.45) is 0.208. The number of hydrogen-bond acceptors (Lipinski definition) is 4. The summed E-state index contributed by atoms with van der Waals surface area (Å²) in [7, 11) is 0. The van der Waals surface area contributed by atoms with Crippen LogP contribution in [0.3, 0.4) is 0 Å². The van der Waals surface area contributed by atoms with Crippen LogP contribution in [0.2, 0.25) is 0 Å². The predicted octanol–water partition coefficient (Wildman–Crippen LogP) is 2.64. The minimum absolute atomic E-state index is 0.297. The summed E-state index contributed by atoms with van der Waals surface area (Å²) >= 11 is 0. The SMILES string of the molecule is CCc1ccc(NC(=O)CONC(=O)OC(C)(C)C)cc1.